The summed E-state index contributed by atoms with van der Waals surface area (Å²) < 4.78 is 5.40. The first-order valence-corrected chi connectivity index (χ1v) is 5.72. The molecule has 3 rings (SSSR count). The summed E-state index contributed by atoms with van der Waals surface area (Å²) in [7, 11) is 1.71. The average molecular weight is 228 g/mol. The molecule has 0 atom stereocenters. The largest absolute Gasteiger partial charge is 1.00 e. The summed E-state index contributed by atoms with van der Waals surface area (Å²) in [5.74, 6) is 0.919. The summed E-state index contributed by atoms with van der Waals surface area (Å²) in [5, 5.41) is 0. The third-order valence-corrected chi connectivity index (χ3v) is 3.10. The van der Waals surface area contributed by atoms with E-state index in [9.17, 15) is 0 Å². The number of hydrogen-bond donors (Lipinski definition) is 0. The van der Waals surface area contributed by atoms with Crippen LogP contribution in [-0.2, 0) is 6.42 Å². The van der Waals surface area contributed by atoms with E-state index >= 15 is 0 Å². The summed E-state index contributed by atoms with van der Waals surface area (Å²) in [6, 6.07) is 16.5. The van der Waals surface area contributed by atoms with Crippen molar-refractivity contribution in [1.29, 1.82) is 0 Å². The fraction of sp³-hybridized carbons (Fsp3) is 0.125. The molecule has 0 bridgehead atoms. The second-order valence-electron chi connectivity index (χ2n) is 4.14. The zero-order chi connectivity index (χ0) is 11.7. The van der Waals surface area contributed by atoms with E-state index < -0.39 is 0 Å². The summed E-state index contributed by atoms with van der Waals surface area (Å²) >= 11 is 0. The molecule has 0 aromatic heterocycles. The Kier molecular flexibility index (Phi) is 3.96. The number of para-hydroxylation sites is 1. The topological polar surface area (TPSA) is 9.23 Å². The molecule has 0 spiro atoms. The first kappa shape index (κ1) is 13.0. The molecule has 0 N–H and O–H groups in total. The van der Waals surface area contributed by atoms with E-state index in [0.717, 1.165) is 17.7 Å². The molecule has 0 saturated heterocycles. The summed E-state index contributed by atoms with van der Waals surface area (Å²) in [6.07, 6.45) is 4.40. The van der Waals surface area contributed by atoms with Crippen LogP contribution in [-0.4, -0.2) is 7.11 Å². The van der Waals surface area contributed by atoms with Crippen molar-refractivity contribution >= 4 is 5.57 Å². The van der Waals surface area contributed by atoms with E-state index in [-0.39, 0.29) is 18.9 Å². The van der Waals surface area contributed by atoms with Crippen molar-refractivity contribution in [1.82, 2.24) is 0 Å². The Morgan fingerprint density at radius 1 is 1.00 bits per heavy atom. The first-order valence-electron chi connectivity index (χ1n) is 5.72. The normalized spacial score (nSPS) is 12.4. The van der Waals surface area contributed by atoms with Crippen LogP contribution in [0.2, 0.25) is 0 Å². The third kappa shape index (κ3) is 2.25. The second-order valence-corrected chi connectivity index (χ2v) is 4.14. The van der Waals surface area contributed by atoms with E-state index in [4.69, 9.17) is 4.74 Å². The molecule has 2 heteroatoms. The molecular formula is C16H13LiO. The Hall–Kier alpha value is -1.42. The Morgan fingerprint density at radius 3 is 2.50 bits per heavy atom. The molecule has 0 radical (unpaired) electrons. The van der Waals surface area contributed by atoms with E-state index in [1.807, 2.05) is 18.2 Å². The van der Waals surface area contributed by atoms with Gasteiger partial charge in [0, 0.05) is 0 Å². The molecule has 2 aromatic rings. The number of ether oxygens (including phenoxy) is 1. The van der Waals surface area contributed by atoms with Gasteiger partial charge < -0.3 is 4.74 Å². The molecule has 0 amide bonds. The van der Waals surface area contributed by atoms with Crippen molar-refractivity contribution in [2.45, 2.75) is 6.42 Å². The SMILES string of the molecule is COc1ccccc1C1=[C-]c2ccccc2C1.[Li+]. The average Bonchev–Trinajstić information content (AvgIpc) is 2.82. The van der Waals surface area contributed by atoms with Gasteiger partial charge in [-0.15, -0.1) is 41.0 Å². The van der Waals surface area contributed by atoms with Gasteiger partial charge in [-0.05, 0) is 6.07 Å². The van der Waals surface area contributed by atoms with Gasteiger partial charge in [0.25, 0.3) is 0 Å². The Morgan fingerprint density at radius 2 is 1.72 bits per heavy atom. The van der Waals surface area contributed by atoms with Crippen LogP contribution in [0.5, 0.6) is 5.75 Å². The summed E-state index contributed by atoms with van der Waals surface area (Å²) in [5.41, 5.74) is 4.90. The van der Waals surface area contributed by atoms with Crippen LogP contribution < -0.4 is 23.6 Å². The van der Waals surface area contributed by atoms with Gasteiger partial charge in [-0.3, -0.25) is 0 Å². The van der Waals surface area contributed by atoms with Crippen molar-refractivity contribution in [2.24, 2.45) is 0 Å². The van der Waals surface area contributed by atoms with Crippen LogP contribution in [0.1, 0.15) is 16.7 Å². The van der Waals surface area contributed by atoms with Gasteiger partial charge in [-0.1, -0.05) is 36.2 Å². The van der Waals surface area contributed by atoms with Crippen LogP contribution in [0.15, 0.2) is 48.5 Å². The van der Waals surface area contributed by atoms with Gasteiger partial charge in [0.05, 0.1) is 12.9 Å². The monoisotopic (exact) mass is 228 g/mol. The minimum atomic E-state index is 0. The standard InChI is InChI=1S/C16H13O.Li/c1-17-16-9-5-4-8-15(16)14-10-12-6-2-3-7-13(12)11-14;/h2-9H,10H2,1H3;/q-1;+1. The van der Waals surface area contributed by atoms with Crippen molar-refractivity contribution in [2.75, 3.05) is 7.11 Å². The van der Waals surface area contributed by atoms with Gasteiger partial charge in [0.1, 0.15) is 0 Å². The smallest absolute Gasteiger partial charge is 0.506 e. The number of allylic oxidation sites excluding steroid dienone is 1. The first-order chi connectivity index (χ1) is 8.38. The third-order valence-electron chi connectivity index (χ3n) is 3.10. The molecule has 1 aliphatic rings. The van der Waals surface area contributed by atoms with Crippen molar-refractivity contribution in [3.05, 3.63) is 71.3 Å². The maximum atomic E-state index is 5.40. The van der Waals surface area contributed by atoms with E-state index in [1.54, 1.807) is 7.11 Å². The molecule has 2 aromatic carbocycles. The quantitative estimate of drug-likeness (QED) is 0.537. The van der Waals surface area contributed by atoms with Gasteiger partial charge in [-0.25, -0.2) is 0 Å². The van der Waals surface area contributed by atoms with Crippen molar-refractivity contribution in [3.8, 4) is 5.75 Å². The fourth-order valence-electron chi connectivity index (χ4n) is 2.25. The van der Waals surface area contributed by atoms with Gasteiger partial charge >= 0.3 is 18.9 Å². The second kappa shape index (κ2) is 5.48. The molecule has 0 fully saturated rings. The van der Waals surface area contributed by atoms with Gasteiger partial charge in [0.15, 0.2) is 0 Å². The van der Waals surface area contributed by atoms with Crippen LogP contribution >= 0.6 is 0 Å². The predicted octanol–water partition coefficient (Wildman–Crippen LogP) is 0.490. The minimum absolute atomic E-state index is 0. The van der Waals surface area contributed by atoms with Gasteiger partial charge in [-0.2, -0.15) is 0 Å². The molecule has 18 heavy (non-hydrogen) atoms. The van der Waals surface area contributed by atoms with Crippen LogP contribution in [0, 0.1) is 6.08 Å². The number of rotatable bonds is 2. The molecule has 1 aliphatic carbocycles. The Labute approximate surface area is 120 Å². The zero-order valence-corrected chi connectivity index (χ0v) is 10.7. The minimum Gasteiger partial charge on any atom is -0.506 e. The predicted molar refractivity (Wildman–Crippen MR) is 68.9 cm³/mol. The molecule has 0 heterocycles. The maximum absolute atomic E-state index is 5.40. The van der Waals surface area contributed by atoms with Crippen LogP contribution in [0.4, 0.5) is 0 Å². The van der Waals surface area contributed by atoms with E-state index in [0.29, 0.717) is 0 Å². The van der Waals surface area contributed by atoms with Crippen molar-refractivity contribution in [3.63, 3.8) is 0 Å². The molecule has 0 aliphatic heterocycles. The number of methoxy groups -OCH3 is 1. The van der Waals surface area contributed by atoms with E-state index in [2.05, 4.69) is 36.4 Å². The van der Waals surface area contributed by atoms with Gasteiger partial charge in [0.2, 0.25) is 0 Å². The van der Waals surface area contributed by atoms with Crippen LogP contribution in [0.25, 0.3) is 5.57 Å². The fourth-order valence-corrected chi connectivity index (χ4v) is 2.25. The summed E-state index contributed by atoms with van der Waals surface area (Å²) in [6.45, 7) is 0. The maximum Gasteiger partial charge on any atom is 1.00 e. The van der Waals surface area contributed by atoms with Crippen LogP contribution in [0.3, 0.4) is 0 Å². The zero-order valence-electron chi connectivity index (χ0n) is 10.7. The molecule has 0 unspecified atom stereocenters. The number of fused-ring (bicyclic) bond motifs is 1. The van der Waals surface area contributed by atoms with E-state index in [1.165, 1.54) is 16.7 Å². The number of benzene rings is 2. The Balaban J connectivity index is 0.00000120. The summed E-state index contributed by atoms with van der Waals surface area (Å²) in [4.78, 5) is 0. The molecular weight excluding hydrogens is 215 g/mol. The molecule has 84 valence electrons. The molecule has 0 saturated carbocycles. The molecule has 1 nitrogen and oxygen atoms in total. The Bertz CT molecular complexity index is 587. The van der Waals surface area contributed by atoms with Crippen molar-refractivity contribution < 1.29 is 23.6 Å². The number of hydrogen-bond acceptors (Lipinski definition) is 1.